The van der Waals surface area contributed by atoms with E-state index >= 15 is 0 Å². The minimum absolute atomic E-state index is 0.112. The highest BCUT2D eigenvalue weighted by molar-refractivity contribution is 7.92. The van der Waals surface area contributed by atoms with Crippen molar-refractivity contribution in [2.24, 2.45) is 0 Å². The number of imidazole rings is 1. The van der Waals surface area contributed by atoms with Gasteiger partial charge in [0, 0.05) is 30.5 Å². The van der Waals surface area contributed by atoms with Gasteiger partial charge in [-0.25, -0.2) is 18.4 Å². The van der Waals surface area contributed by atoms with E-state index in [4.69, 9.17) is 4.42 Å². The molecule has 1 amide bonds. The van der Waals surface area contributed by atoms with Gasteiger partial charge >= 0.3 is 0 Å². The Morgan fingerprint density at radius 3 is 2.67 bits per heavy atom. The van der Waals surface area contributed by atoms with Crippen LogP contribution >= 0.6 is 0 Å². The molecule has 0 unspecified atom stereocenters. The van der Waals surface area contributed by atoms with Crippen LogP contribution in [0.25, 0.3) is 11.2 Å². The fraction of sp³-hybridized carbons (Fsp3) is 0.276. The van der Waals surface area contributed by atoms with E-state index in [1.807, 2.05) is 18.4 Å². The summed E-state index contributed by atoms with van der Waals surface area (Å²) in [6, 6.07) is 16.5. The number of nitrogens with zero attached hydrogens (tertiary/aromatic N) is 5. The van der Waals surface area contributed by atoms with Crippen molar-refractivity contribution < 1.29 is 22.7 Å². The molecule has 13 nitrogen and oxygen atoms in total. The smallest absolute Gasteiger partial charge is 0.261 e. The minimum atomic E-state index is -3.74. The number of anilines is 1. The minimum Gasteiger partial charge on any atom is -0.426 e. The zero-order chi connectivity index (χ0) is 30.5. The molecular formula is C29H32N8O5S. The number of β-amino-alcohol motifs (C(OH)–C–C–N with tert-alkyl or cyclic N) is 1. The first kappa shape index (κ1) is 29.8. The predicted molar refractivity (Wildman–Crippen MR) is 158 cm³/mol. The molecule has 0 aliphatic heterocycles. The number of carbonyl (C=O) groups excluding carboxylic acids is 1. The number of nitrogens with one attached hydrogen (secondary N) is 3. The number of hydrogen-bond donors (Lipinski definition) is 4. The number of fused-ring (bicyclic) bond motifs is 1. The molecule has 0 radical (unpaired) electrons. The zero-order valence-electron chi connectivity index (χ0n) is 23.6. The molecule has 1 atom stereocenters. The van der Waals surface area contributed by atoms with Gasteiger partial charge in [-0.1, -0.05) is 30.3 Å². The van der Waals surface area contributed by atoms with Gasteiger partial charge in [-0.3, -0.25) is 9.52 Å². The molecule has 14 heteroatoms. The van der Waals surface area contributed by atoms with Crippen molar-refractivity contribution in [3.63, 3.8) is 0 Å². The molecule has 0 aliphatic rings. The van der Waals surface area contributed by atoms with E-state index in [9.17, 15) is 18.3 Å². The second-order valence-electron chi connectivity index (χ2n) is 10.6. The number of rotatable bonds is 13. The first-order chi connectivity index (χ1) is 20.6. The van der Waals surface area contributed by atoms with E-state index in [1.54, 1.807) is 54.9 Å². The van der Waals surface area contributed by atoms with Crippen LogP contribution in [0.5, 0.6) is 0 Å². The van der Waals surface area contributed by atoms with Gasteiger partial charge in [-0.2, -0.15) is 0 Å². The van der Waals surface area contributed by atoms with E-state index in [0.717, 1.165) is 0 Å². The number of aliphatic hydroxyl groups excluding tert-OH is 1. The number of aryl methyl sites for hydroxylation is 1. The molecule has 0 bridgehead atoms. The molecule has 0 saturated heterocycles. The maximum absolute atomic E-state index is 12.7. The first-order valence-electron chi connectivity index (χ1n) is 13.5. The highest BCUT2D eigenvalue weighted by atomic mass is 32.2. The van der Waals surface area contributed by atoms with E-state index in [1.165, 1.54) is 24.7 Å². The van der Waals surface area contributed by atoms with Crippen LogP contribution in [0.4, 0.5) is 5.69 Å². The molecule has 5 aromatic rings. The third kappa shape index (κ3) is 7.60. The number of aromatic nitrogens is 5. The average molecular weight is 605 g/mol. The van der Waals surface area contributed by atoms with E-state index in [-0.39, 0.29) is 29.4 Å². The summed E-state index contributed by atoms with van der Waals surface area (Å²) in [5.74, 6) is -0.0274. The van der Waals surface area contributed by atoms with Crippen molar-refractivity contribution in [1.29, 1.82) is 0 Å². The lowest BCUT2D eigenvalue weighted by Crippen LogP contribution is -2.42. The zero-order valence-corrected chi connectivity index (χ0v) is 24.5. The van der Waals surface area contributed by atoms with Crippen molar-refractivity contribution >= 4 is 32.8 Å². The fourth-order valence-electron chi connectivity index (χ4n) is 4.37. The highest BCUT2D eigenvalue weighted by Gasteiger charge is 2.21. The summed E-state index contributed by atoms with van der Waals surface area (Å²) in [6.07, 6.45) is 4.21. The van der Waals surface area contributed by atoms with Gasteiger partial charge in [0.1, 0.15) is 5.52 Å². The van der Waals surface area contributed by atoms with Crippen molar-refractivity contribution in [3.8, 4) is 0 Å². The lowest BCUT2D eigenvalue weighted by atomic mass is 9.99. The van der Waals surface area contributed by atoms with Gasteiger partial charge in [-0.15, -0.1) is 10.2 Å². The Balaban J connectivity index is 1.15. The second-order valence-corrected chi connectivity index (χ2v) is 12.3. The molecule has 5 rings (SSSR count). The molecule has 224 valence electrons. The van der Waals surface area contributed by atoms with Crippen LogP contribution in [0.1, 0.15) is 48.2 Å². The number of hydrogen-bond acceptors (Lipinski definition) is 10. The van der Waals surface area contributed by atoms with Crippen molar-refractivity contribution in [2.75, 3.05) is 11.3 Å². The summed E-state index contributed by atoms with van der Waals surface area (Å²) in [6.45, 7) is 5.03. The molecule has 3 heterocycles. The number of carbonyl (C=O) groups is 1. The van der Waals surface area contributed by atoms with Crippen LogP contribution in [0.2, 0.25) is 0 Å². The third-order valence-corrected chi connectivity index (χ3v) is 8.25. The van der Waals surface area contributed by atoms with Crippen LogP contribution in [0.15, 0.2) is 88.9 Å². The number of sulfonamides is 1. The monoisotopic (exact) mass is 604 g/mol. The van der Waals surface area contributed by atoms with Crippen molar-refractivity contribution in [3.05, 3.63) is 96.6 Å². The molecule has 43 heavy (non-hydrogen) atoms. The van der Waals surface area contributed by atoms with Crippen LogP contribution < -0.4 is 15.4 Å². The Hall–Kier alpha value is -4.66. The normalized spacial score (nSPS) is 12.7. The molecule has 3 aromatic heterocycles. The lowest BCUT2D eigenvalue weighted by molar-refractivity contribution is 0.0947. The van der Waals surface area contributed by atoms with Gasteiger partial charge in [0.05, 0.1) is 29.4 Å². The molecule has 0 saturated carbocycles. The Morgan fingerprint density at radius 2 is 1.91 bits per heavy atom. The standard InChI is InChI=1S/C29H32N8O5S/c1-29(2,33-16-25(38)20-7-6-8-22(13-20)36-43(40,41)23-9-4-3-5-10-23)11-12-37-18-32-24-14-21(15-30-27(24)37)28(39)31-17-26-35-34-19-42-26/h3-10,13-15,18-19,25,33,36,38H,11-12,16-17H2,1-2H3,(H,31,39)/t25-/m0/s1. The summed E-state index contributed by atoms with van der Waals surface area (Å²) in [7, 11) is -3.74. The summed E-state index contributed by atoms with van der Waals surface area (Å²) in [4.78, 5) is 21.5. The lowest BCUT2D eigenvalue weighted by Gasteiger charge is -2.28. The summed E-state index contributed by atoms with van der Waals surface area (Å²) < 4.78 is 34.9. The van der Waals surface area contributed by atoms with E-state index in [2.05, 4.69) is 35.5 Å². The van der Waals surface area contributed by atoms with Gasteiger partial charge in [0.15, 0.2) is 5.65 Å². The Labute approximate surface area is 248 Å². The van der Waals surface area contributed by atoms with Crippen LogP contribution in [0, 0.1) is 0 Å². The third-order valence-electron chi connectivity index (χ3n) is 6.85. The SMILES string of the molecule is CC(C)(CCn1cnc2cc(C(=O)NCc3nnco3)cnc21)NC[C@H](O)c1cccc(NS(=O)(=O)c2ccccc2)c1. The molecular weight excluding hydrogens is 572 g/mol. The molecule has 0 spiro atoms. The van der Waals surface area contributed by atoms with Crippen molar-refractivity contribution in [1.82, 2.24) is 35.4 Å². The molecule has 4 N–H and O–H groups in total. The average Bonchev–Trinajstić information content (AvgIpc) is 3.68. The number of aliphatic hydroxyl groups is 1. The molecule has 0 fully saturated rings. The van der Waals surface area contributed by atoms with E-state index in [0.29, 0.717) is 46.8 Å². The predicted octanol–water partition coefficient (Wildman–Crippen LogP) is 3.04. The summed E-state index contributed by atoms with van der Waals surface area (Å²) >= 11 is 0. The number of pyridine rings is 1. The van der Waals surface area contributed by atoms with Crippen LogP contribution in [-0.4, -0.2) is 56.2 Å². The van der Waals surface area contributed by atoms with Crippen molar-refractivity contribution in [2.45, 2.75) is 49.9 Å². The maximum atomic E-state index is 12.7. The molecule has 0 aliphatic carbocycles. The second kappa shape index (κ2) is 12.7. The topological polar surface area (TPSA) is 177 Å². The largest absolute Gasteiger partial charge is 0.426 e. The van der Waals surface area contributed by atoms with Gasteiger partial charge < -0.3 is 24.7 Å². The van der Waals surface area contributed by atoms with E-state index < -0.39 is 16.1 Å². The molecule has 2 aromatic carbocycles. The summed E-state index contributed by atoms with van der Waals surface area (Å²) in [5.41, 5.74) is 2.20. The number of amides is 1. The van der Waals surface area contributed by atoms with Gasteiger partial charge in [0.2, 0.25) is 12.3 Å². The maximum Gasteiger partial charge on any atom is 0.261 e. The van der Waals surface area contributed by atoms with Gasteiger partial charge in [-0.05, 0) is 56.2 Å². The number of benzene rings is 2. The Bertz CT molecular complexity index is 1790. The Kier molecular flexibility index (Phi) is 8.80. The van der Waals surface area contributed by atoms with Gasteiger partial charge in [0.25, 0.3) is 15.9 Å². The first-order valence-corrected chi connectivity index (χ1v) is 15.0. The summed E-state index contributed by atoms with van der Waals surface area (Å²) in [5, 5.41) is 24.3. The van der Waals surface area contributed by atoms with Crippen LogP contribution in [-0.2, 0) is 23.1 Å². The van der Waals surface area contributed by atoms with Crippen LogP contribution in [0.3, 0.4) is 0 Å². The fourth-order valence-corrected chi connectivity index (χ4v) is 5.44. The Morgan fingerprint density at radius 1 is 1.09 bits per heavy atom. The quantitative estimate of drug-likeness (QED) is 0.156. The highest BCUT2D eigenvalue weighted by Crippen LogP contribution is 2.22.